The van der Waals surface area contributed by atoms with Crippen molar-refractivity contribution >= 4 is 22.9 Å². The Morgan fingerprint density at radius 2 is 1.89 bits per heavy atom. The van der Waals surface area contributed by atoms with Gasteiger partial charge in [0.1, 0.15) is 11.8 Å². The first-order valence-corrected chi connectivity index (χ1v) is 8.85. The number of hydrogen-bond acceptors (Lipinski definition) is 5. The van der Waals surface area contributed by atoms with Crippen LogP contribution in [-0.2, 0) is 6.42 Å². The molecule has 4 rings (SSSR count). The molecule has 0 fully saturated rings. The van der Waals surface area contributed by atoms with E-state index in [1.165, 1.54) is 6.20 Å². The number of nitrogens with one attached hydrogen (secondary N) is 1. The van der Waals surface area contributed by atoms with E-state index >= 15 is 0 Å². The Kier molecular flexibility index (Phi) is 4.73. The average Bonchev–Trinajstić information content (AvgIpc) is 3.06. The number of aromatic amines is 1. The van der Waals surface area contributed by atoms with Crippen LogP contribution in [-0.4, -0.2) is 36.5 Å². The highest BCUT2D eigenvalue weighted by atomic mass is 19.1. The largest absolute Gasteiger partial charge is 0.493 e. The van der Waals surface area contributed by atoms with E-state index in [-0.39, 0.29) is 5.75 Å². The molecule has 3 heterocycles. The molecular weight excluding hydrogens is 361 g/mol. The minimum Gasteiger partial charge on any atom is -0.493 e. The molecule has 1 aromatic carbocycles. The maximum atomic E-state index is 14.9. The molecule has 1 aliphatic rings. The Morgan fingerprint density at radius 1 is 1.11 bits per heavy atom. The van der Waals surface area contributed by atoms with Crippen molar-refractivity contribution in [3.05, 3.63) is 53.6 Å². The summed E-state index contributed by atoms with van der Waals surface area (Å²) in [6.45, 7) is 1.86. The molecule has 0 saturated heterocycles. The first-order valence-electron chi connectivity index (χ1n) is 8.85. The highest BCUT2D eigenvalue weighted by Gasteiger charge is 2.19. The standard InChI is InChI=1S/C21H20FN3O3/c1-12-7-15-20(22)19(11-24-21(15)25-12)28-14-5-4-6-23-16-10-18(27-3)17(26-2)9-13(16)8-14/h4-7,9-11,14H,8H2,1-3H3,(H,24,25). The zero-order valence-electron chi connectivity index (χ0n) is 15.8. The molecule has 0 bridgehead atoms. The van der Waals surface area contributed by atoms with Gasteiger partial charge in [0, 0.05) is 24.4 Å². The van der Waals surface area contributed by atoms with Crippen molar-refractivity contribution in [1.29, 1.82) is 0 Å². The second-order valence-electron chi connectivity index (χ2n) is 6.51. The number of rotatable bonds is 4. The molecule has 1 unspecified atom stereocenters. The van der Waals surface area contributed by atoms with Gasteiger partial charge in [-0.25, -0.2) is 9.37 Å². The predicted octanol–water partition coefficient (Wildman–Crippen LogP) is 4.29. The van der Waals surface area contributed by atoms with E-state index in [0.29, 0.717) is 29.0 Å². The summed E-state index contributed by atoms with van der Waals surface area (Å²) in [4.78, 5) is 11.7. The maximum absolute atomic E-state index is 14.9. The SMILES string of the molecule is COc1cc2c(cc1OC)N=CC=CC(Oc1cnc3[nH]c(C)cc3c1F)C2. The summed E-state index contributed by atoms with van der Waals surface area (Å²) in [6.07, 6.45) is 6.81. The number of hydrogen-bond donors (Lipinski definition) is 1. The van der Waals surface area contributed by atoms with Gasteiger partial charge < -0.3 is 19.2 Å². The van der Waals surface area contributed by atoms with Crippen molar-refractivity contribution < 1.29 is 18.6 Å². The van der Waals surface area contributed by atoms with Gasteiger partial charge in [0.15, 0.2) is 23.1 Å². The van der Waals surface area contributed by atoms with E-state index in [1.807, 2.05) is 25.1 Å². The monoisotopic (exact) mass is 381 g/mol. The molecular formula is C21H20FN3O3. The molecule has 0 spiro atoms. The van der Waals surface area contributed by atoms with Crippen molar-refractivity contribution in [2.45, 2.75) is 19.4 Å². The van der Waals surface area contributed by atoms with Gasteiger partial charge >= 0.3 is 0 Å². The number of halogens is 1. The smallest absolute Gasteiger partial charge is 0.177 e. The Morgan fingerprint density at radius 3 is 2.68 bits per heavy atom. The fourth-order valence-corrected chi connectivity index (χ4v) is 3.26. The van der Waals surface area contributed by atoms with Crippen LogP contribution in [0.2, 0.25) is 0 Å². The third-order valence-corrected chi connectivity index (χ3v) is 4.60. The van der Waals surface area contributed by atoms with Crippen LogP contribution in [0.4, 0.5) is 10.1 Å². The van der Waals surface area contributed by atoms with Gasteiger partial charge in [-0.3, -0.25) is 4.99 Å². The van der Waals surface area contributed by atoms with Crippen LogP contribution in [0.1, 0.15) is 11.3 Å². The van der Waals surface area contributed by atoms with Gasteiger partial charge in [0.05, 0.1) is 31.5 Å². The lowest BCUT2D eigenvalue weighted by Gasteiger charge is -2.19. The van der Waals surface area contributed by atoms with Crippen LogP contribution in [0.3, 0.4) is 0 Å². The molecule has 0 radical (unpaired) electrons. The van der Waals surface area contributed by atoms with E-state index in [4.69, 9.17) is 14.2 Å². The van der Waals surface area contributed by atoms with Crippen LogP contribution < -0.4 is 14.2 Å². The number of nitrogens with zero attached hydrogens (tertiary/aromatic N) is 2. The summed E-state index contributed by atoms with van der Waals surface area (Å²) in [5.74, 6) is 0.896. The number of H-pyrrole nitrogens is 1. The number of allylic oxidation sites excluding steroid dienone is 1. The molecule has 6 nitrogen and oxygen atoms in total. The average molecular weight is 381 g/mol. The molecule has 1 aliphatic heterocycles. The van der Waals surface area contributed by atoms with Gasteiger partial charge in [-0.1, -0.05) is 0 Å². The fourth-order valence-electron chi connectivity index (χ4n) is 3.26. The second-order valence-corrected chi connectivity index (χ2v) is 6.51. The molecule has 0 amide bonds. The van der Waals surface area contributed by atoms with Crippen molar-refractivity contribution in [1.82, 2.24) is 9.97 Å². The van der Waals surface area contributed by atoms with E-state index < -0.39 is 11.9 Å². The summed E-state index contributed by atoms with van der Waals surface area (Å²) in [5, 5.41) is 0.415. The topological polar surface area (TPSA) is 68.7 Å². The zero-order valence-corrected chi connectivity index (χ0v) is 15.8. The van der Waals surface area contributed by atoms with Crippen molar-refractivity contribution in [3.8, 4) is 17.2 Å². The second kappa shape index (κ2) is 7.34. The van der Waals surface area contributed by atoms with Gasteiger partial charge in [0.25, 0.3) is 0 Å². The van der Waals surface area contributed by atoms with Crippen LogP contribution in [0.15, 0.2) is 41.5 Å². The molecule has 0 saturated carbocycles. The summed E-state index contributed by atoms with van der Waals surface area (Å²) >= 11 is 0. The van der Waals surface area contributed by atoms with Crippen molar-refractivity contribution in [2.75, 3.05) is 14.2 Å². The van der Waals surface area contributed by atoms with Gasteiger partial charge in [-0.2, -0.15) is 0 Å². The predicted molar refractivity (Wildman–Crippen MR) is 106 cm³/mol. The summed E-state index contributed by atoms with van der Waals surface area (Å²) < 4.78 is 31.5. The normalized spacial score (nSPS) is 15.8. The molecule has 144 valence electrons. The highest BCUT2D eigenvalue weighted by molar-refractivity contribution is 5.79. The molecule has 1 atom stereocenters. The summed E-state index contributed by atoms with van der Waals surface area (Å²) in [5.41, 5.74) is 3.02. The number of aliphatic imine (C=N–C) groups is 1. The van der Waals surface area contributed by atoms with Crippen molar-refractivity contribution in [3.63, 3.8) is 0 Å². The first-order chi connectivity index (χ1) is 13.6. The van der Waals surface area contributed by atoms with Crippen LogP contribution in [0.25, 0.3) is 11.0 Å². The van der Waals surface area contributed by atoms with E-state index in [0.717, 1.165) is 16.9 Å². The number of aromatic nitrogens is 2. The summed E-state index contributed by atoms with van der Waals surface area (Å²) in [7, 11) is 3.16. The number of ether oxygens (including phenoxy) is 3. The number of pyridine rings is 1. The molecule has 0 aliphatic carbocycles. The summed E-state index contributed by atoms with van der Waals surface area (Å²) in [6, 6.07) is 5.41. The van der Waals surface area contributed by atoms with Gasteiger partial charge in [-0.05, 0) is 36.8 Å². The third kappa shape index (κ3) is 3.31. The van der Waals surface area contributed by atoms with E-state index in [9.17, 15) is 4.39 Å². The van der Waals surface area contributed by atoms with E-state index in [1.54, 1.807) is 32.6 Å². The Labute approximate surface area is 161 Å². The Balaban J connectivity index is 1.67. The van der Waals surface area contributed by atoms with E-state index in [2.05, 4.69) is 15.0 Å². The number of benzene rings is 1. The van der Waals surface area contributed by atoms with Crippen molar-refractivity contribution in [2.24, 2.45) is 4.99 Å². The zero-order chi connectivity index (χ0) is 19.7. The minimum absolute atomic E-state index is 0.112. The number of methoxy groups -OCH3 is 2. The number of fused-ring (bicyclic) bond motifs is 2. The number of aryl methyl sites for hydroxylation is 1. The Bertz CT molecular complexity index is 1090. The molecule has 28 heavy (non-hydrogen) atoms. The molecule has 3 aromatic rings. The lowest BCUT2D eigenvalue weighted by Crippen LogP contribution is -2.18. The van der Waals surface area contributed by atoms with Crippen LogP contribution >= 0.6 is 0 Å². The highest BCUT2D eigenvalue weighted by Crippen LogP contribution is 2.36. The molecule has 2 aromatic heterocycles. The Hall–Kier alpha value is -3.35. The fraction of sp³-hybridized carbons (Fsp3) is 0.238. The van der Waals surface area contributed by atoms with Crippen LogP contribution in [0, 0.1) is 12.7 Å². The van der Waals surface area contributed by atoms with Gasteiger partial charge in [-0.15, -0.1) is 0 Å². The maximum Gasteiger partial charge on any atom is 0.177 e. The first kappa shape index (κ1) is 18.0. The molecule has 7 heteroatoms. The lowest BCUT2D eigenvalue weighted by atomic mass is 10.0. The minimum atomic E-state index is -0.425. The van der Waals surface area contributed by atoms with Crippen LogP contribution in [0.5, 0.6) is 17.2 Å². The quantitative estimate of drug-likeness (QED) is 0.732. The third-order valence-electron chi connectivity index (χ3n) is 4.60. The lowest BCUT2D eigenvalue weighted by molar-refractivity contribution is 0.238. The van der Waals surface area contributed by atoms with Gasteiger partial charge in [0.2, 0.25) is 0 Å². The molecule has 1 N–H and O–H groups in total.